The largest absolute Gasteiger partial charge is 0.462 e. The number of aliphatic hydroxyl groups is 1. The van der Waals surface area contributed by atoms with Crippen LogP contribution in [0.25, 0.3) is 0 Å². The number of fused-ring (bicyclic) bond motifs is 8. The molecule has 0 unspecified atom stereocenters. The Balaban J connectivity index is 1.34. The SMILES string of the molecule is C=C1C(=O)O[C@@H]2[C@@H]3[C@@]4(C=C[C@@]3(C)[C@]3(C4)C(=O)O[C@@H]4[C@@H]5[C@@H](C[C@H]6O[C@@]56C)C(=C)C[C@H](OC(C)=O)[C@H]43)[C@@](C)(O)CC[C@@H]12. The van der Waals surface area contributed by atoms with E-state index in [2.05, 4.69) is 39.2 Å². The Hall–Kier alpha value is -2.45. The normalized spacial score (nSPS) is 58.4. The Bertz CT molecular complexity index is 1350. The van der Waals surface area contributed by atoms with Gasteiger partial charge in [0, 0.05) is 47.5 Å². The number of hydrogen-bond acceptors (Lipinski definition) is 8. The van der Waals surface area contributed by atoms with Crippen LogP contribution in [0.15, 0.2) is 36.5 Å². The maximum Gasteiger partial charge on any atom is 0.334 e. The van der Waals surface area contributed by atoms with Crippen LogP contribution in [0.2, 0.25) is 0 Å². The van der Waals surface area contributed by atoms with Crippen LogP contribution in [-0.2, 0) is 33.3 Å². The van der Waals surface area contributed by atoms with Crippen LogP contribution in [0.5, 0.6) is 0 Å². The van der Waals surface area contributed by atoms with Gasteiger partial charge in [-0.1, -0.05) is 37.8 Å². The first-order valence-corrected chi connectivity index (χ1v) is 14.8. The molecule has 0 amide bonds. The minimum atomic E-state index is -1.16. The average Bonchev–Trinajstić information content (AvgIpc) is 3.09. The van der Waals surface area contributed by atoms with Crippen molar-refractivity contribution >= 4 is 17.9 Å². The van der Waals surface area contributed by atoms with Gasteiger partial charge in [0.15, 0.2) is 0 Å². The highest BCUT2D eigenvalue weighted by Gasteiger charge is 2.85. The van der Waals surface area contributed by atoms with Gasteiger partial charge in [-0.15, -0.1) is 0 Å². The van der Waals surface area contributed by atoms with Crippen molar-refractivity contribution in [2.75, 3.05) is 0 Å². The van der Waals surface area contributed by atoms with E-state index < -0.39 is 63.6 Å². The molecule has 8 heteroatoms. The van der Waals surface area contributed by atoms with Crippen molar-refractivity contribution in [1.82, 2.24) is 0 Å². The predicted octanol–water partition coefficient (Wildman–Crippen LogP) is 3.42. The van der Waals surface area contributed by atoms with Crippen molar-refractivity contribution < 1.29 is 38.4 Å². The third-order valence-corrected chi connectivity index (χ3v) is 13.2. The van der Waals surface area contributed by atoms with Gasteiger partial charge in [-0.2, -0.15) is 0 Å². The average molecular weight is 551 g/mol. The second kappa shape index (κ2) is 7.12. The van der Waals surface area contributed by atoms with E-state index in [1.54, 1.807) is 0 Å². The lowest BCUT2D eigenvalue weighted by molar-refractivity contribution is -0.160. The molecular formula is C32H38O8. The van der Waals surface area contributed by atoms with Crippen molar-refractivity contribution in [2.24, 2.45) is 45.8 Å². The van der Waals surface area contributed by atoms with Crippen LogP contribution in [-0.4, -0.2) is 58.6 Å². The summed E-state index contributed by atoms with van der Waals surface area (Å²) in [4.78, 5) is 39.9. The van der Waals surface area contributed by atoms with Crippen LogP contribution >= 0.6 is 0 Å². The highest BCUT2D eigenvalue weighted by molar-refractivity contribution is 5.91. The standard InChI is InChI=1S/C32H38O8/c1-14-11-19(37-16(3)33)22-24(21-18(14)12-20-30(21,6)40-20)39-27(35)32(22)13-31-10-9-28(32,4)25(31)23-17(7-8-29(31,5)36)15(2)26(34)38-23/h9-10,17-25,36H,1-2,7-8,11-13H2,3-6H3/t17-,18-,19-,20+,21-,22+,23-,24+,25-,28+,29-,30+,31-,32-/m0/s1. The highest BCUT2D eigenvalue weighted by Crippen LogP contribution is 2.81. The van der Waals surface area contributed by atoms with E-state index in [-0.39, 0.29) is 35.7 Å². The van der Waals surface area contributed by atoms with Gasteiger partial charge in [0.25, 0.3) is 0 Å². The molecule has 0 aromatic heterocycles. The lowest BCUT2D eigenvalue weighted by Gasteiger charge is -2.46. The Kier molecular flexibility index (Phi) is 4.50. The van der Waals surface area contributed by atoms with Gasteiger partial charge in [0.05, 0.1) is 28.6 Å². The number of ether oxygens (including phenoxy) is 4. The highest BCUT2D eigenvalue weighted by atomic mass is 16.6. The summed E-state index contributed by atoms with van der Waals surface area (Å²) in [6, 6.07) is 0. The van der Waals surface area contributed by atoms with E-state index in [9.17, 15) is 19.5 Å². The van der Waals surface area contributed by atoms with Gasteiger partial charge >= 0.3 is 17.9 Å². The Morgan fingerprint density at radius 1 is 1.07 bits per heavy atom. The molecule has 0 aromatic carbocycles. The first-order chi connectivity index (χ1) is 18.7. The molecule has 1 spiro atoms. The van der Waals surface area contributed by atoms with Gasteiger partial charge in [0.2, 0.25) is 0 Å². The molecule has 4 saturated carbocycles. The van der Waals surface area contributed by atoms with Gasteiger partial charge < -0.3 is 24.1 Å². The predicted molar refractivity (Wildman–Crippen MR) is 140 cm³/mol. The lowest BCUT2D eigenvalue weighted by Crippen LogP contribution is -2.53. The van der Waals surface area contributed by atoms with E-state index in [1.807, 2.05) is 6.92 Å². The third kappa shape index (κ3) is 2.53. The maximum absolute atomic E-state index is 14.6. The molecule has 7 fully saturated rings. The van der Waals surface area contributed by atoms with Crippen molar-refractivity contribution in [3.63, 3.8) is 0 Å². The van der Waals surface area contributed by atoms with Crippen LogP contribution < -0.4 is 0 Å². The summed E-state index contributed by atoms with van der Waals surface area (Å²) in [5.74, 6) is -2.16. The van der Waals surface area contributed by atoms with Crippen molar-refractivity contribution in [2.45, 2.75) is 95.4 Å². The number of allylic oxidation sites excluding steroid dienone is 1. The fourth-order valence-corrected chi connectivity index (χ4v) is 11.4. The van der Waals surface area contributed by atoms with Crippen LogP contribution in [0.1, 0.15) is 59.8 Å². The summed E-state index contributed by atoms with van der Waals surface area (Å²) in [5, 5.41) is 12.2. The monoisotopic (exact) mass is 550 g/mol. The number of carbonyl (C=O) groups is 3. The third-order valence-electron chi connectivity index (χ3n) is 13.2. The molecule has 5 aliphatic carbocycles. The van der Waals surface area contributed by atoms with E-state index >= 15 is 0 Å². The van der Waals surface area contributed by atoms with Gasteiger partial charge in [-0.05, 0) is 45.4 Å². The van der Waals surface area contributed by atoms with E-state index in [4.69, 9.17) is 18.9 Å². The van der Waals surface area contributed by atoms with Crippen LogP contribution in [0, 0.1) is 45.8 Å². The maximum atomic E-state index is 14.6. The number of carbonyl (C=O) groups excluding carboxylic acids is 3. The molecule has 0 aromatic rings. The zero-order chi connectivity index (χ0) is 28.4. The minimum Gasteiger partial charge on any atom is -0.462 e. The summed E-state index contributed by atoms with van der Waals surface area (Å²) in [6.45, 7) is 15.9. The quantitative estimate of drug-likeness (QED) is 0.174. The van der Waals surface area contributed by atoms with Gasteiger partial charge in [-0.25, -0.2) is 4.79 Å². The zero-order valence-electron chi connectivity index (χ0n) is 23.6. The van der Waals surface area contributed by atoms with E-state index in [0.29, 0.717) is 31.3 Å². The molecule has 0 radical (unpaired) electrons. The van der Waals surface area contributed by atoms with Gasteiger partial charge in [-0.3, -0.25) is 9.59 Å². The summed E-state index contributed by atoms with van der Waals surface area (Å²) in [5.41, 5.74) is -2.88. The molecule has 3 heterocycles. The molecule has 3 aliphatic heterocycles. The Morgan fingerprint density at radius 2 is 1.82 bits per heavy atom. The summed E-state index contributed by atoms with van der Waals surface area (Å²) in [6.07, 6.45) is 5.25. The van der Waals surface area contributed by atoms with Gasteiger partial charge in [0.1, 0.15) is 18.3 Å². The second-order valence-electron chi connectivity index (χ2n) is 14.7. The number of rotatable bonds is 1. The molecule has 3 saturated heterocycles. The minimum absolute atomic E-state index is 0.0924. The van der Waals surface area contributed by atoms with E-state index in [1.165, 1.54) is 6.92 Å². The fraction of sp³-hybridized carbons (Fsp3) is 0.719. The van der Waals surface area contributed by atoms with Crippen molar-refractivity contribution in [1.29, 1.82) is 0 Å². The summed E-state index contributed by atoms with van der Waals surface area (Å²) >= 11 is 0. The lowest BCUT2D eigenvalue weighted by atomic mass is 9.54. The van der Waals surface area contributed by atoms with Crippen LogP contribution in [0.4, 0.5) is 0 Å². The molecular weight excluding hydrogens is 512 g/mol. The molecule has 8 rings (SSSR count). The number of hydrogen-bond donors (Lipinski definition) is 1. The smallest absolute Gasteiger partial charge is 0.334 e. The first kappa shape index (κ1) is 25.3. The number of epoxide rings is 1. The molecule has 1 N–H and O–H groups in total. The molecule has 8 aliphatic rings. The van der Waals surface area contributed by atoms with Crippen molar-refractivity contribution in [3.05, 3.63) is 36.5 Å². The van der Waals surface area contributed by atoms with E-state index in [0.717, 1.165) is 12.0 Å². The summed E-state index contributed by atoms with van der Waals surface area (Å²) < 4.78 is 24.8. The molecule has 2 bridgehead atoms. The molecule has 14 atom stereocenters. The number of esters is 3. The topological polar surface area (TPSA) is 112 Å². The van der Waals surface area contributed by atoms with Crippen LogP contribution in [0.3, 0.4) is 0 Å². The molecule has 8 nitrogen and oxygen atoms in total. The zero-order valence-corrected chi connectivity index (χ0v) is 23.6. The fourth-order valence-electron chi connectivity index (χ4n) is 11.4. The molecule has 40 heavy (non-hydrogen) atoms. The second-order valence-corrected chi connectivity index (χ2v) is 14.7. The Labute approximate surface area is 234 Å². The first-order valence-electron chi connectivity index (χ1n) is 14.8. The Morgan fingerprint density at radius 3 is 2.55 bits per heavy atom. The summed E-state index contributed by atoms with van der Waals surface area (Å²) in [7, 11) is 0. The molecule has 214 valence electrons. The van der Waals surface area contributed by atoms with Crippen molar-refractivity contribution in [3.8, 4) is 0 Å².